The molecule has 0 N–H and O–H groups in total. The molecule has 0 saturated carbocycles. The Hall–Kier alpha value is -15.5. The molecule has 23 rings (SSSR count). The van der Waals surface area contributed by atoms with Crippen LogP contribution in [0.1, 0.15) is 27.7 Å². The van der Waals surface area contributed by atoms with Crippen molar-refractivity contribution >= 4 is 110 Å². The Kier molecular flexibility index (Phi) is 20.4. The Balaban J connectivity index is 0.000000124. The summed E-state index contributed by atoms with van der Waals surface area (Å²) < 4.78 is 13.2. The van der Waals surface area contributed by atoms with E-state index >= 15 is 0 Å². The van der Waals surface area contributed by atoms with Gasteiger partial charge in [-0.2, -0.15) is 0 Å². The van der Waals surface area contributed by atoms with Gasteiger partial charge in [0.05, 0.1) is 34.0 Å². The van der Waals surface area contributed by atoms with E-state index in [-0.39, 0.29) is 5.28 Å². The lowest BCUT2D eigenvalue weighted by atomic mass is 9.72. The third-order valence-corrected chi connectivity index (χ3v) is 24.3. The normalized spacial score (nSPS) is 12.8. The van der Waals surface area contributed by atoms with Gasteiger partial charge in [-0.1, -0.05) is 376 Å². The molecule has 14 heteroatoms. The maximum absolute atomic E-state index is 6.60. The van der Waals surface area contributed by atoms with Gasteiger partial charge in [0.1, 0.15) is 0 Å². The molecule has 18 aromatic carbocycles. The lowest BCUT2D eigenvalue weighted by Gasteiger charge is -2.32. The van der Waals surface area contributed by atoms with Crippen molar-refractivity contribution in [1.29, 1.82) is 0 Å². The van der Waals surface area contributed by atoms with Crippen LogP contribution >= 0.6 is 11.6 Å². The van der Waals surface area contributed by atoms with Crippen molar-refractivity contribution in [2.45, 2.75) is 38.9 Å². The van der Waals surface area contributed by atoms with E-state index in [1.165, 1.54) is 32.3 Å². The highest BCUT2D eigenvalue weighted by molar-refractivity contribution is 6.69. The average Bonchev–Trinajstić information content (AvgIpc) is 1.67. The molecular weight excluding hydrogens is 1560 g/mol. The van der Waals surface area contributed by atoms with Crippen LogP contribution in [0.25, 0.3) is 211 Å². The number of rotatable bonds is 12. The predicted molar refractivity (Wildman–Crippen MR) is 518 cm³/mol. The molecular formula is C112H78BClN10O2. The Morgan fingerprint density at radius 3 is 0.778 bits per heavy atom. The highest BCUT2D eigenvalue weighted by Gasteiger charge is 2.53. The zero-order valence-corrected chi connectivity index (χ0v) is 70.1. The maximum atomic E-state index is 6.60. The summed E-state index contributed by atoms with van der Waals surface area (Å²) in [6.45, 7) is 8.36. The molecule has 0 amide bonds. The van der Waals surface area contributed by atoms with Crippen LogP contribution in [0.5, 0.6) is 0 Å². The van der Waals surface area contributed by atoms with Crippen LogP contribution in [-0.2, 0) is 9.31 Å². The van der Waals surface area contributed by atoms with Gasteiger partial charge in [0, 0.05) is 61.2 Å². The number of hydrogen-bond donors (Lipinski definition) is 0. The second-order valence-electron chi connectivity index (χ2n) is 32.4. The van der Waals surface area contributed by atoms with Gasteiger partial charge in [0.15, 0.2) is 40.8 Å². The van der Waals surface area contributed by atoms with Gasteiger partial charge in [0.2, 0.25) is 5.28 Å². The number of halogens is 1. The van der Waals surface area contributed by atoms with Crippen LogP contribution in [0.4, 0.5) is 0 Å². The summed E-state index contributed by atoms with van der Waals surface area (Å²) in [5.74, 6) is 4.40. The van der Waals surface area contributed by atoms with E-state index in [4.69, 9.17) is 60.8 Å². The van der Waals surface area contributed by atoms with Gasteiger partial charge in [-0.15, -0.1) is 0 Å². The van der Waals surface area contributed by atoms with Crippen molar-refractivity contribution in [3.05, 3.63) is 406 Å². The molecule has 1 aliphatic rings. The van der Waals surface area contributed by atoms with Crippen LogP contribution in [0.15, 0.2) is 400 Å². The van der Waals surface area contributed by atoms with Gasteiger partial charge < -0.3 is 9.31 Å². The smallest absolute Gasteiger partial charge is 0.399 e. The largest absolute Gasteiger partial charge is 0.496 e. The van der Waals surface area contributed by atoms with Crippen LogP contribution < -0.4 is 5.46 Å². The lowest BCUT2D eigenvalue weighted by Crippen LogP contribution is -2.41. The summed E-state index contributed by atoms with van der Waals surface area (Å²) >= 11 is 6.30. The first-order valence-electron chi connectivity index (χ1n) is 42.2. The molecule has 0 unspecified atom stereocenters. The highest BCUT2D eigenvalue weighted by atomic mass is 35.5. The molecule has 0 spiro atoms. The molecule has 126 heavy (non-hydrogen) atoms. The minimum atomic E-state index is -0.512. The molecule has 1 aliphatic heterocycles. The topological polar surface area (TPSA) is 147 Å². The summed E-state index contributed by atoms with van der Waals surface area (Å²) in [6.07, 6.45) is 0. The monoisotopic (exact) mass is 1640 g/mol. The van der Waals surface area contributed by atoms with E-state index in [0.717, 1.165) is 143 Å². The lowest BCUT2D eigenvalue weighted by molar-refractivity contribution is 0.00578. The Morgan fingerprint density at radius 1 is 0.206 bits per heavy atom. The van der Waals surface area contributed by atoms with E-state index in [1.54, 1.807) is 0 Å². The van der Waals surface area contributed by atoms with Crippen molar-refractivity contribution in [2.24, 2.45) is 0 Å². The molecule has 0 bridgehead atoms. The molecule has 12 nitrogen and oxygen atoms in total. The third-order valence-electron chi connectivity index (χ3n) is 24.1. The van der Waals surface area contributed by atoms with Gasteiger partial charge >= 0.3 is 7.12 Å². The maximum Gasteiger partial charge on any atom is 0.496 e. The van der Waals surface area contributed by atoms with Crippen LogP contribution in [-0.4, -0.2) is 68.2 Å². The summed E-state index contributed by atoms with van der Waals surface area (Å²) in [7, 11) is -0.512. The average molecular weight is 1640 g/mol. The Morgan fingerprint density at radius 2 is 0.437 bits per heavy atom. The number of benzene rings is 18. The van der Waals surface area contributed by atoms with Crippen molar-refractivity contribution in [1.82, 2.24) is 49.8 Å². The summed E-state index contributed by atoms with van der Waals surface area (Å²) in [6, 6.07) is 137. The molecule has 22 aromatic rings. The molecule has 0 aliphatic carbocycles. The number of fused-ring (bicyclic) bond motifs is 10. The van der Waals surface area contributed by atoms with E-state index < -0.39 is 18.3 Å². The fourth-order valence-corrected chi connectivity index (χ4v) is 17.5. The summed E-state index contributed by atoms with van der Waals surface area (Å²) in [5, 5.41) is 18.0. The second-order valence-corrected chi connectivity index (χ2v) is 32.7. The van der Waals surface area contributed by atoms with Crippen LogP contribution in [0.3, 0.4) is 0 Å². The van der Waals surface area contributed by atoms with E-state index in [0.29, 0.717) is 40.8 Å². The quantitative estimate of drug-likeness (QED) is 0.0496. The zero-order chi connectivity index (χ0) is 84.8. The number of hydrogen-bond acceptors (Lipinski definition) is 12. The first kappa shape index (κ1) is 77.8. The third kappa shape index (κ3) is 14.8. The van der Waals surface area contributed by atoms with Gasteiger partial charge in [0.25, 0.3) is 0 Å². The number of aromatic nitrogens is 10. The van der Waals surface area contributed by atoms with Crippen molar-refractivity contribution < 1.29 is 9.31 Å². The number of nitrogens with zero attached hydrogens (tertiary/aromatic N) is 10. The van der Waals surface area contributed by atoms with Crippen LogP contribution in [0.2, 0.25) is 5.28 Å². The molecule has 0 radical (unpaired) electrons. The Labute approximate surface area is 733 Å². The molecule has 5 heterocycles. The molecule has 4 aromatic heterocycles. The highest BCUT2D eigenvalue weighted by Crippen LogP contribution is 2.47. The SMILES string of the molecule is CC1(C)OB(c2c3ccccc3c(-c3nc(-c4ccccc4)nc(-c4ccccc4)n3)c3ccccc23)OC1(C)C.Clc1nc(-c2ccccc2)cc(-c2cc3ccccc3c3ccccc23)n1.c1ccc(-c2cc(-c3cc4ccccc4c4ccccc34)nc(-c3c4ccccc4c(-c4nc(-c5ccccc5)nc(-c5ccccc5)n4)c4ccccc34)n2)cc1. The molecule has 0 atom stereocenters. The molecule has 1 fully saturated rings. The molecule has 1 saturated heterocycles. The summed E-state index contributed by atoms with van der Waals surface area (Å²) in [5.41, 5.74) is 14.2. The van der Waals surface area contributed by atoms with Gasteiger partial charge in [-0.05, 0) is 155 Å². The van der Waals surface area contributed by atoms with Gasteiger partial charge in [-0.3, -0.25) is 0 Å². The standard InChI is InChI=1S/C53H33N5.C35H30BN3O2.C24H15ClN2/c1-4-18-34(19-5-1)46-33-47(45-32-37-24-10-11-25-38(37)39-26-12-13-27-40(39)45)55-52(54-46)48-41-28-14-16-30-43(41)49(44-31-17-15-29-42(44)48)53-57-50(35-20-6-2-7-21-35)56-51(58-53)36-22-8-3-9-23-36;1-34(2)35(3,4)41-36(40-34)30-27-21-13-11-19-25(27)29(26-20-12-14-22-28(26)30)33-38-31(23-15-7-5-8-16-23)37-32(39-33)24-17-9-6-10-18-24;25-24-26-22(16-8-2-1-3-9-16)15-23(27-24)21-14-17-10-4-5-11-18(17)19-12-6-7-13-20(19)21/h1-33H;5-22H,1-4H3;1-15H. The van der Waals surface area contributed by atoms with Gasteiger partial charge in [-0.25, -0.2) is 49.8 Å². The fourth-order valence-electron chi connectivity index (χ4n) is 17.4. The van der Waals surface area contributed by atoms with E-state index in [2.05, 4.69) is 274 Å². The first-order valence-corrected chi connectivity index (χ1v) is 42.6. The van der Waals surface area contributed by atoms with E-state index in [9.17, 15) is 0 Å². The second kappa shape index (κ2) is 33.0. The Bertz CT molecular complexity index is 7690. The van der Waals surface area contributed by atoms with Crippen LogP contribution in [0, 0.1) is 0 Å². The summed E-state index contributed by atoms with van der Waals surface area (Å²) in [4.78, 5) is 50.4. The minimum Gasteiger partial charge on any atom is -0.399 e. The van der Waals surface area contributed by atoms with E-state index in [1.807, 2.05) is 164 Å². The van der Waals surface area contributed by atoms with Crippen molar-refractivity contribution in [3.8, 4) is 125 Å². The molecule has 598 valence electrons. The van der Waals surface area contributed by atoms with Crippen molar-refractivity contribution in [2.75, 3.05) is 0 Å². The zero-order valence-electron chi connectivity index (χ0n) is 69.3. The minimum absolute atomic E-state index is 0.253. The fraction of sp³-hybridized carbons (Fsp3) is 0.0536. The first-order chi connectivity index (χ1) is 61.9. The van der Waals surface area contributed by atoms with Crippen molar-refractivity contribution in [3.63, 3.8) is 0 Å². The predicted octanol–water partition coefficient (Wildman–Crippen LogP) is 27.5.